The van der Waals surface area contributed by atoms with Gasteiger partial charge in [0.2, 0.25) is 0 Å². The van der Waals surface area contributed by atoms with Gasteiger partial charge in [-0.1, -0.05) is 0 Å². The highest BCUT2D eigenvalue weighted by Crippen LogP contribution is 2.11. The topological polar surface area (TPSA) is 38.3 Å². The minimum atomic E-state index is -0.365. The maximum Gasteiger partial charge on any atom is 0.316 e. The van der Waals surface area contributed by atoms with Gasteiger partial charge in [0.1, 0.15) is 5.60 Å². The summed E-state index contributed by atoms with van der Waals surface area (Å²) in [5, 5.41) is 3.16. The van der Waals surface area contributed by atoms with E-state index in [2.05, 4.69) is 12.2 Å². The van der Waals surface area contributed by atoms with Gasteiger partial charge >= 0.3 is 5.97 Å². The van der Waals surface area contributed by atoms with Gasteiger partial charge in [-0.2, -0.15) is 11.8 Å². The first-order valence-corrected chi connectivity index (χ1v) is 6.47. The highest BCUT2D eigenvalue weighted by atomic mass is 32.2. The number of nitrogens with one attached hydrogen (secondary N) is 1. The number of hydrogen-bond acceptors (Lipinski definition) is 4. The molecule has 3 nitrogen and oxygen atoms in total. The Bertz CT molecular complexity index is 190. The van der Waals surface area contributed by atoms with Crippen LogP contribution < -0.4 is 5.32 Å². The molecule has 0 fully saturated rings. The molecule has 0 bridgehead atoms. The fourth-order valence-corrected chi connectivity index (χ4v) is 1.82. The maximum absolute atomic E-state index is 11.3. The smallest absolute Gasteiger partial charge is 0.316 e. The van der Waals surface area contributed by atoms with E-state index in [1.807, 2.05) is 27.8 Å². The minimum Gasteiger partial charge on any atom is -0.459 e. The molecule has 0 aromatic rings. The van der Waals surface area contributed by atoms with Gasteiger partial charge in [-0.3, -0.25) is 4.79 Å². The number of rotatable bonds is 6. The quantitative estimate of drug-likeness (QED) is 0.563. The molecule has 1 atom stereocenters. The summed E-state index contributed by atoms with van der Waals surface area (Å²) >= 11 is 1.63. The third-order valence-corrected chi connectivity index (χ3v) is 2.79. The van der Waals surface area contributed by atoms with Crippen LogP contribution in [-0.4, -0.2) is 36.2 Å². The Morgan fingerprint density at radius 1 is 1.47 bits per heavy atom. The summed E-state index contributed by atoms with van der Waals surface area (Å²) in [5.41, 5.74) is -0.365. The molecule has 0 aliphatic heterocycles. The van der Waals surface area contributed by atoms with Crippen molar-refractivity contribution in [3.63, 3.8) is 0 Å². The van der Waals surface area contributed by atoms with Gasteiger partial charge in [0.05, 0.1) is 5.75 Å². The van der Waals surface area contributed by atoms with Crippen molar-refractivity contribution in [1.82, 2.24) is 5.32 Å². The molecule has 0 aromatic carbocycles. The number of esters is 1. The molecule has 0 aromatic heterocycles. The van der Waals surface area contributed by atoms with Crippen molar-refractivity contribution in [2.24, 2.45) is 0 Å². The van der Waals surface area contributed by atoms with E-state index in [1.54, 1.807) is 11.8 Å². The molecule has 0 amide bonds. The molecule has 0 saturated carbocycles. The Morgan fingerprint density at radius 2 is 2.07 bits per heavy atom. The molecule has 1 unspecified atom stereocenters. The molecular weight excluding hydrogens is 210 g/mol. The van der Waals surface area contributed by atoms with Crippen LogP contribution in [0.2, 0.25) is 0 Å². The van der Waals surface area contributed by atoms with E-state index in [9.17, 15) is 4.79 Å². The average molecular weight is 233 g/mol. The molecule has 0 aliphatic rings. The van der Waals surface area contributed by atoms with Crippen molar-refractivity contribution in [2.45, 2.75) is 45.8 Å². The highest BCUT2D eigenvalue weighted by Gasteiger charge is 2.15. The lowest BCUT2D eigenvalue weighted by Crippen LogP contribution is -2.25. The third kappa shape index (κ3) is 10.1. The van der Waals surface area contributed by atoms with Crippen LogP contribution >= 0.6 is 11.8 Å². The molecule has 0 aliphatic carbocycles. The van der Waals surface area contributed by atoms with E-state index < -0.39 is 0 Å². The molecule has 0 heterocycles. The summed E-state index contributed by atoms with van der Waals surface area (Å²) in [5.74, 6) is 1.32. The van der Waals surface area contributed by atoms with Gasteiger partial charge < -0.3 is 10.1 Å². The third-order valence-electron chi connectivity index (χ3n) is 1.83. The van der Waals surface area contributed by atoms with Crippen molar-refractivity contribution in [2.75, 3.05) is 18.6 Å². The lowest BCUT2D eigenvalue weighted by atomic mass is 10.2. The number of thioether (sulfide) groups is 1. The van der Waals surface area contributed by atoms with Crippen LogP contribution in [0.3, 0.4) is 0 Å². The zero-order valence-electron chi connectivity index (χ0n) is 10.4. The van der Waals surface area contributed by atoms with Crippen molar-refractivity contribution in [1.29, 1.82) is 0 Å². The van der Waals surface area contributed by atoms with E-state index in [4.69, 9.17) is 4.74 Å². The molecule has 90 valence electrons. The molecule has 15 heavy (non-hydrogen) atoms. The van der Waals surface area contributed by atoms with E-state index >= 15 is 0 Å². The largest absolute Gasteiger partial charge is 0.459 e. The summed E-state index contributed by atoms with van der Waals surface area (Å²) in [6.45, 7) is 7.80. The van der Waals surface area contributed by atoms with Crippen molar-refractivity contribution < 1.29 is 9.53 Å². The predicted molar refractivity (Wildman–Crippen MR) is 66.3 cm³/mol. The Balaban J connectivity index is 3.48. The fourth-order valence-electron chi connectivity index (χ4n) is 0.931. The van der Waals surface area contributed by atoms with Crippen molar-refractivity contribution in [3.8, 4) is 0 Å². The van der Waals surface area contributed by atoms with E-state index in [0.717, 1.165) is 12.2 Å². The molecule has 0 radical (unpaired) electrons. The van der Waals surface area contributed by atoms with Crippen LogP contribution in [0.25, 0.3) is 0 Å². The first kappa shape index (κ1) is 14.8. The zero-order chi connectivity index (χ0) is 11.9. The number of carbonyl (C=O) groups excluding carboxylic acids is 1. The number of ether oxygens (including phenoxy) is 1. The van der Waals surface area contributed by atoms with Crippen LogP contribution in [0.4, 0.5) is 0 Å². The molecule has 0 spiro atoms. The Labute approximate surface area is 97.3 Å². The summed E-state index contributed by atoms with van der Waals surface area (Å²) in [4.78, 5) is 11.3. The molecule has 4 heteroatoms. The second kappa shape index (κ2) is 7.12. The first-order chi connectivity index (χ1) is 6.85. The summed E-state index contributed by atoms with van der Waals surface area (Å²) in [7, 11) is 1.95. The van der Waals surface area contributed by atoms with Gasteiger partial charge in [-0.15, -0.1) is 0 Å². The molecule has 0 rings (SSSR count). The second-order valence-corrected chi connectivity index (χ2v) is 5.72. The highest BCUT2D eigenvalue weighted by molar-refractivity contribution is 7.99. The standard InChI is InChI=1S/C11H23NO2S/c1-9(12-5)6-7-15-8-10(13)14-11(2,3)4/h9,12H,6-8H2,1-5H3. The SMILES string of the molecule is CNC(C)CCSCC(=O)OC(C)(C)C. The van der Waals surface area contributed by atoms with Crippen LogP contribution in [0, 0.1) is 0 Å². The fraction of sp³-hybridized carbons (Fsp3) is 0.909. The van der Waals surface area contributed by atoms with Gasteiger partial charge in [0, 0.05) is 6.04 Å². The normalized spacial score (nSPS) is 13.7. The molecule has 0 saturated heterocycles. The molecule has 1 N–H and O–H groups in total. The lowest BCUT2D eigenvalue weighted by Gasteiger charge is -2.19. The minimum absolute atomic E-state index is 0.121. The number of carbonyl (C=O) groups is 1. The van der Waals surface area contributed by atoms with E-state index in [1.165, 1.54) is 0 Å². The molecular formula is C11H23NO2S. The van der Waals surface area contributed by atoms with Crippen LogP contribution in [0.5, 0.6) is 0 Å². The van der Waals surface area contributed by atoms with E-state index in [-0.39, 0.29) is 11.6 Å². The Hall–Kier alpha value is -0.220. The zero-order valence-corrected chi connectivity index (χ0v) is 11.2. The van der Waals surface area contributed by atoms with Gasteiger partial charge in [0.25, 0.3) is 0 Å². The second-order valence-electron chi connectivity index (χ2n) is 4.62. The predicted octanol–water partition coefficient (Wildman–Crippen LogP) is 2.06. The van der Waals surface area contributed by atoms with Crippen LogP contribution in [0.1, 0.15) is 34.1 Å². The summed E-state index contributed by atoms with van der Waals surface area (Å²) in [6.07, 6.45) is 1.07. The van der Waals surface area contributed by atoms with Crippen LogP contribution in [0.15, 0.2) is 0 Å². The van der Waals surface area contributed by atoms with E-state index in [0.29, 0.717) is 11.8 Å². The lowest BCUT2D eigenvalue weighted by molar-refractivity contribution is -0.151. The van der Waals surface area contributed by atoms with Gasteiger partial charge in [-0.25, -0.2) is 0 Å². The van der Waals surface area contributed by atoms with Crippen molar-refractivity contribution >= 4 is 17.7 Å². The average Bonchev–Trinajstić information content (AvgIpc) is 2.09. The van der Waals surface area contributed by atoms with Crippen LogP contribution in [-0.2, 0) is 9.53 Å². The summed E-state index contributed by atoms with van der Waals surface area (Å²) < 4.78 is 5.20. The monoisotopic (exact) mass is 233 g/mol. The summed E-state index contributed by atoms with van der Waals surface area (Å²) in [6, 6.07) is 0.510. The van der Waals surface area contributed by atoms with Gasteiger partial charge in [-0.05, 0) is 46.9 Å². The maximum atomic E-state index is 11.3. The Morgan fingerprint density at radius 3 is 2.53 bits per heavy atom. The van der Waals surface area contributed by atoms with Gasteiger partial charge in [0.15, 0.2) is 0 Å². The van der Waals surface area contributed by atoms with Crippen molar-refractivity contribution in [3.05, 3.63) is 0 Å². The first-order valence-electron chi connectivity index (χ1n) is 5.32. The number of hydrogen-bond donors (Lipinski definition) is 1. The Kier molecular flexibility index (Phi) is 7.02.